The van der Waals surface area contributed by atoms with Crippen LogP contribution in [0.5, 0.6) is 0 Å². The molecule has 0 aliphatic carbocycles. The molecule has 2 N–H and O–H groups in total. The highest BCUT2D eigenvalue weighted by Gasteiger charge is 2.31. The second-order valence-electron chi connectivity index (χ2n) is 34.6. The number of hydrogen-bond acceptors (Lipinski definition) is 15. The fourth-order valence-corrected chi connectivity index (χ4v) is 17.0. The van der Waals surface area contributed by atoms with Crippen LogP contribution in [0.25, 0.3) is 173 Å². The van der Waals surface area contributed by atoms with Gasteiger partial charge in [0.25, 0.3) is 5.82 Å². The largest absolute Gasteiger partial charge is 0.416 e. The molecule has 24 rings (SSSR count). The molecular weight excluding hydrogens is 1840 g/mol. The first-order valence-corrected chi connectivity index (χ1v) is 46.0. The number of halogens is 5. The van der Waals surface area contributed by atoms with Crippen molar-refractivity contribution in [2.24, 2.45) is 0 Å². The van der Waals surface area contributed by atoms with Crippen LogP contribution in [-0.4, -0.2) is 102 Å². The smallest absolute Gasteiger partial charge is 0.387 e. The van der Waals surface area contributed by atoms with Gasteiger partial charge in [-0.05, 0) is 242 Å². The predicted molar refractivity (Wildman–Crippen MR) is 562 cm³/mol. The molecule has 27 heteroatoms. The quantitative estimate of drug-likeness (QED) is 0.0760. The summed E-state index contributed by atoms with van der Waals surface area (Å²) in [5.41, 5.74) is 25.8. The SMILES string of the molecule is Cc1cc(-c2ncccc2-c2ccc3ncc(C(C)(C)O)n3c2)ccc1F.Cc1cc(-c2ncccc2-c2ccc3ncc(C(C)O)n3c2)ccc1F.FC(F)(F)c1cccc(-c2ncccc2-c2ccn3cncc3c2)c1.[2H]C([2H])([2H])c1cccc(-c2ncccc2-c2ccc3ncc([N+]#[C-])n3c2)c1.[2H]C([2H])([2H])c1cccc(-c2ncccc2-c2ccc3nccn3c2)c1.[2H]C([2H])([2H])c1cccc(-c2ncccc2-c2ccn3nccc3n2)c1. The number of rotatable bonds is 14. The molecule has 22 nitrogen and oxygen atoms in total. The Labute approximate surface area is 849 Å². The van der Waals surface area contributed by atoms with Gasteiger partial charge in [-0.15, -0.1) is 0 Å². The number of imidazole rings is 5. The second kappa shape index (κ2) is 42.0. The Hall–Kier alpha value is -18.7. The van der Waals surface area contributed by atoms with E-state index in [0.29, 0.717) is 62.1 Å². The molecule has 0 saturated carbocycles. The molecule has 24 aromatic rings. The Morgan fingerprint density at radius 3 is 1.31 bits per heavy atom. The third kappa shape index (κ3) is 21.2. The average molecular weight is 1940 g/mol. The van der Waals surface area contributed by atoms with E-state index < -0.39 is 44.0 Å². The zero-order chi connectivity index (χ0) is 109. The highest BCUT2D eigenvalue weighted by Crippen LogP contribution is 2.41. The highest BCUT2D eigenvalue weighted by molar-refractivity contribution is 5.87. The fourth-order valence-electron chi connectivity index (χ4n) is 17.0. The van der Waals surface area contributed by atoms with E-state index in [1.165, 1.54) is 24.4 Å². The molecule has 0 amide bonds. The van der Waals surface area contributed by atoms with Crippen molar-refractivity contribution in [2.45, 2.75) is 73.1 Å². The van der Waals surface area contributed by atoms with Crippen LogP contribution < -0.4 is 0 Å². The normalized spacial score (nSPS) is 12.7. The van der Waals surface area contributed by atoms with Gasteiger partial charge in [0.2, 0.25) is 5.65 Å². The van der Waals surface area contributed by atoms with Crippen molar-refractivity contribution >= 4 is 39.6 Å². The van der Waals surface area contributed by atoms with Gasteiger partial charge in [0.1, 0.15) is 34.2 Å². The van der Waals surface area contributed by atoms with Gasteiger partial charge in [0.05, 0.1) is 112 Å². The monoisotopic (exact) mass is 1940 g/mol. The van der Waals surface area contributed by atoms with Crippen molar-refractivity contribution in [3.8, 4) is 134 Å². The lowest BCUT2D eigenvalue weighted by atomic mass is 9.98. The molecule has 0 aliphatic rings. The third-order valence-corrected chi connectivity index (χ3v) is 24.2. The maximum absolute atomic E-state index is 13.7. The Bertz CT molecular complexity index is 8940. The molecule has 1 atom stereocenters. The minimum atomic E-state index is -4.39. The van der Waals surface area contributed by atoms with E-state index in [-0.39, 0.29) is 17.2 Å². The topological polar surface area (TPSA) is 239 Å². The standard InChI is InChI=1S/C22H20FN3O.C21H18FN3O.C20H14N4.C19H12F3N3.C19H15N3.C18H14N4/c1-14-11-15(6-8-18(14)23)21-17(5-4-10-24-21)16-7-9-20-25-12-19(22(2,3)27)26(20)13-16;1-13-10-15(5-7-18(13)22)21-17(4-3-9-23-21)16-6-8-20-24-11-19(14(2)26)25(20)12-16;1-14-5-3-6-15(11-14)20-17(7-4-10-22-20)16-8-9-18-23-12-19(21-2)24(18)13-16;20-19(21,22)15-4-1-3-14(9-15)18-17(5-2-7-24-18)13-6-8-25-12-23-11-16(25)10-13;1-14-4-2-5-15(12-14)19-17(6-3-9-21-19)16-7-8-18-20-10-11-22(18)13-16;1-13-4-2-5-14(12-13)18-15(6-3-9-19-18)16-8-11-22-17(21-16)7-10-20-22/h4-13,27H,1-3H3;3-12,14,26H,1-2H3;3-13H,1H3;1-12H;2-13H,1H3;2-12H,1H3/i;;1D3;;2*1D3. The number of nitrogens with zero attached hydrogens (tertiary/aromatic N) is 20. The number of aliphatic hydroxyl groups is 2. The summed E-state index contributed by atoms with van der Waals surface area (Å²) in [5.74, 6) is -0.0276. The van der Waals surface area contributed by atoms with E-state index in [1.807, 2.05) is 219 Å². The Balaban J connectivity index is 0.000000116. The Kier molecular flexibility index (Phi) is 24.6. The number of aromatic nitrogens is 19. The number of fused-ring (bicyclic) bond motifs is 6. The lowest BCUT2D eigenvalue weighted by Crippen LogP contribution is -2.18. The molecule has 0 spiro atoms. The molecule has 0 saturated heterocycles. The van der Waals surface area contributed by atoms with E-state index in [9.17, 15) is 32.2 Å². The van der Waals surface area contributed by atoms with Crippen LogP contribution in [0.2, 0.25) is 0 Å². The molecule has 716 valence electrons. The zero-order valence-corrected chi connectivity index (χ0v) is 78.9. The minimum Gasteiger partial charge on any atom is -0.387 e. The molecule has 0 radical (unpaired) electrons. The summed E-state index contributed by atoms with van der Waals surface area (Å²) in [4.78, 5) is 56.2. The summed E-state index contributed by atoms with van der Waals surface area (Å²) in [6, 6.07) is 81.7. The van der Waals surface area contributed by atoms with Crippen LogP contribution in [0.4, 0.5) is 27.8 Å². The van der Waals surface area contributed by atoms with Gasteiger partial charge >= 0.3 is 6.18 Å². The number of hydrogen-bond donors (Lipinski definition) is 2. The van der Waals surface area contributed by atoms with Gasteiger partial charge < -0.3 is 32.7 Å². The average Bonchev–Trinajstić information content (AvgIpc) is 1.66. The maximum atomic E-state index is 13.7. The molecule has 18 aromatic heterocycles. The van der Waals surface area contributed by atoms with Gasteiger partial charge in [-0.3, -0.25) is 29.9 Å². The Morgan fingerprint density at radius 2 is 0.808 bits per heavy atom. The lowest BCUT2D eigenvalue weighted by Gasteiger charge is -2.17. The van der Waals surface area contributed by atoms with E-state index in [2.05, 4.69) is 69.8 Å². The van der Waals surface area contributed by atoms with Crippen LogP contribution in [0, 0.1) is 52.6 Å². The Morgan fingerprint density at radius 1 is 0.370 bits per heavy atom. The van der Waals surface area contributed by atoms with Crippen molar-refractivity contribution < 1.29 is 44.5 Å². The number of aryl methyl sites for hydroxylation is 5. The van der Waals surface area contributed by atoms with Crippen LogP contribution in [-0.2, 0) is 11.8 Å². The minimum absolute atomic E-state index is 0.229. The van der Waals surface area contributed by atoms with Gasteiger partial charge in [-0.2, -0.15) is 18.3 Å². The fraction of sp³-hybridized carbons (Fsp3) is 0.0924. The van der Waals surface area contributed by atoms with Crippen molar-refractivity contribution in [2.75, 3.05) is 0 Å². The first kappa shape index (κ1) is 85.3. The van der Waals surface area contributed by atoms with Crippen molar-refractivity contribution in [3.05, 3.63) is 471 Å². The van der Waals surface area contributed by atoms with Gasteiger partial charge in [-0.1, -0.05) is 120 Å². The summed E-state index contributed by atoms with van der Waals surface area (Å²) in [5, 5.41) is 24.5. The van der Waals surface area contributed by atoms with E-state index in [1.54, 1.807) is 209 Å². The van der Waals surface area contributed by atoms with Gasteiger partial charge in [0.15, 0.2) is 5.65 Å². The second-order valence-corrected chi connectivity index (χ2v) is 34.6. The number of benzene rings is 6. The van der Waals surface area contributed by atoms with Crippen molar-refractivity contribution in [1.29, 1.82) is 0 Å². The summed E-state index contributed by atoms with van der Waals surface area (Å²) in [6.07, 6.45) is 30.2. The molecule has 0 bridgehead atoms. The number of aliphatic hydroxyl groups excluding tert-OH is 1. The van der Waals surface area contributed by atoms with E-state index >= 15 is 0 Å². The molecule has 146 heavy (non-hydrogen) atoms. The van der Waals surface area contributed by atoms with Gasteiger partial charge in [0, 0.05) is 194 Å². The number of pyridine rings is 11. The predicted octanol–water partition coefficient (Wildman–Crippen LogP) is 27.4. The molecule has 0 aliphatic heterocycles. The molecular formula is C119H93F5N20O2. The van der Waals surface area contributed by atoms with Crippen molar-refractivity contribution in [3.63, 3.8) is 0 Å². The summed E-state index contributed by atoms with van der Waals surface area (Å²) >= 11 is 0. The third-order valence-electron chi connectivity index (χ3n) is 24.2. The van der Waals surface area contributed by atoms with Crippen LogP contribution in [0.15, 0.2) is 403 Å². The summed E-state index contributed by atoms with van der Waals surface area (Å²) in [7, 11) is 0. The highest BCUT2D eigenvalue weighted by atomic mass is 19.4. The van der Waals surface area contributed by atoms with E-state index in [4.69, 9.17) is 18.9 Å². The molecule has 6 aromatic carbocycles. The maximum Gasteiger partial charge on any atom is 0.416 e. The lowest BCUT2D eigenvalue weighted by molar-refractivity contribution is -0.137. The van der Waals surface area contributed by atoms with E-state index in [0.717, 1.165) is 158 Å². The molecule has 0 fully saturated rings. The number of alkyl halides is 3. The molecule has 1 unspecified atom stereocenters. The summed E-state index contributed by atoms with van der Waals surface area (Å²) < 4.78 is 146. The first-order chi connectivity index (χ1) is 74.4. The van der Waals surface area contributed by atoms with Crippen molar-refractivity contribution in [1.82, 2.24) is 91.4 Å². The summed E-state index contributed by atoms with van der Waals surface area (Å²) in [6.45, 7) is 9.48. The molecule has 18 heterocycles. The van der Waals surface area contributed by atoms with Crippen LogP contribution in [0.1, 0.15) is 84.0 Å². The van der Waals surface area contributed by atoms with Crippen LogP contribution >= 0.6 is 0 Å². The van der Waals surface area contributed by atoms with Crippen LogP contribution in [0.3, 0.4) is 0 Å². The zero-order valence-electron chi connectivity index (χ0n) is 87.9. The van der Waals surface area contributed by atoms with Gasteiger partial charge in [-0.25, -0.2) is 47.6 Å². The first-order valence-electron chi connectivity index (χ1n) is 50.5.